The Kier molecular flexibility index (Phi) is 4.87. The third-order valence-electron chi connectivity index (χ3n) is 3.63. The van der Waals surface area contributed by atoms with E-state index in [1.165, 1.54) is 30.4 Å². The van der Waals surface area contributed by atoms with E-state index in [0.29, 0.717) is 18.8 Å². The largest absolute Gasteiger partial charge is 0.343 e. The summed E-state index contributed by atoms with van der Waals surface area (Å²) in [6.07, 6.45) is 5.38. The maximum Gasteiger partial charge on any atom is 0.0640 e. The van der Waals surface area contributed by atoms with E-state index in [9.17, 15) is 0 Å². The van der Waals surface area contributed by atoms with E-state index in [-0.39, 0.29) is 0 Å². The van der Waals surface area contributed by atoms with Gasteiger partial charge in [0, 0.05) is 17.9 Å². The molecule has 0 amide bonds. The number of anilines is 1. The van der Waals surface area contributed by atoms with Crippen molar-refractivity contribution in [1.29, 1.82) is 5.26 Å². The van der Waals surface area contributed by atoms with E-state index < -0.39 is 0 Å². The first kappa shape index (κ1) is 14.0. The minimum absolute atomic E-state index is 0.391. The second kappa shape index (κ2) is 6.63. The molecule has 0 bridgehead atoms. The van der Waals surface area contributed by atoms with E-state index in [4.69, 9.17) is 16.9 Å². The van der Waals surface area contributed by atoms with E-state index in [2.05, 4.69) is 35.7 Å². The summed E-state index contributed by atoms with van der Waals surface area (Å²) >= 11 is 5.89. The van der Waals surface area contributed by atoms with Crippen molar-refractivity contribution in [3.63, 3.8) is 0 Å². The molecule has 2 rings (SSSR count). The first-order chi connectivity index (χ1) is 9.26. The molecular formula is C16H19ClN2. The lowest BCUT2D eigenvalue weighted by Crippen LogP contribution is -2.24. The van der Waals surface area contributed by atoms with Gasteiger partial charge in [-0.05, 0) is 48.9 Å². The smallest absolute Gasteiger partial charge is 0.0640 e. The van der Waals surface area contributed by atoms with Crippen molar-refractivity contribution in [3.05, 3.63) is 41.6 Å². The van der Waals surface area contributed by atoms with E-state index in [1.807, 2.05) is 0 Å². The molecule has 1 aliphatic carbocycles. The molecule has 0 saturated heterocycles. The summed E-state index contributed by atoms with van der Waals surface area (Å²) in [5.41, 5.74) is 4.87. The van der Waals surface area contributed by atoms with Crippen molar-refractivity contribution in [2.24, 2.45) is 0 Å². The molecule has 1 aromatic rings. The van der Waals surface area contributed by atoms with Gasteiger partial charge >= 0.3 is 0 Å². The molecule has 0 aromatic heterocycles. The third-order valence-corrected chi connectivity index (χ3v) is 3.94. The highest BCUT2D eigenvalue weighted by Gasteiger charge is 2.14. The zero-order valence-corrected chi connectivity index (χ0v) is 11.9. The molecule has 0 spiro atoms. The summed E-state index contributed by atoms with van der Waals surface area (Å²) < 4.78 is 0. The van der Waals surface area contributed by atoms with Gasteiger partial charge in [0.15, 0.2) is 0 Å². The molecular weight excluding hydrogens is 256 g/mol. The molecule has 3 heteroatoms. The van der Waals surface area contributed by atoms with Gasteiger partial charge in [0.25, 0.3) is 0 Å². The van der Waals surface area contributed by atoms with Gasteiger partial charge in [-0.1, -0.05) is 12.6 Å². The fourth-order valence-electron chi connectivity index (χ4n) is 2.59. The van der Waals surface area contributed by atoms with Crippen molar-refractivity contribution in [3.8, 4) is 6.07 Å². The Morgan fingerprint density at radius 1 is 1.32 bits per heavy atom. The molecule has 0 atom stereocenters. The van der Waals surface area contributed by atoms with Gasteiger partial charge < -0.3 is 4.90 Å². The second-order valence-corrected chi connectivity index (χ2v) is 5.19. The Labute approximate surface area is 120 Å². The standard InChI is InChI=1S/C16H19ClN2/c1-13(12-17)19(10-4-9-18)16-8-7-14-5-2-3-6-15(14)11-16/h7-8,11H,1-6,10,12H2. The zero-order valence-electron chi connectivity index (χ0n) is 11.2. The highest BCUT2D eigenvalue weighted by Crippen LogP contribution is 2.28. The SMILES string of the molecule is C=C(CCl)N(CCC#N)c1ccc2c(c1)CCCC2. The van der Waals surface area contributed by atoms with Crippen LogP contribution in [0.3, 0.4) is 0 Å². The normalized spacial score (nSPS) is 13.5. The van der Waals surface area contributed by atoms with Crippen LogP contribution in [0.15, 0.2) is 30.5 Å². The van der Waals surface area contributed by atoms with Crippen LogP contribution in [0.5, 0.6) is 0 Å². The molecule has 0 aliphatic heterocycles. The van der Waals surface area contributed by atoms with Gasteiger partial charge in [0.1, 0.15) is 0 Å². The number of rotatable bonds is 5. The summed E-state index contributed by atoms with van der Waals surface area (Å²) in [5, 5.41) is 8.77. The number of halogens is 1. The lowest BCUT2D eigenvalue weighted by Gasteiger charge is -2.27. The molecule has 2 nitrogen and oxygen atoms in total. The van der Waals surface area contributed by atoms with Crippen molar-refractivity contribution in [1.82, 2.24) is 0 Å². The lowest BCUT2D eigenvalue weighted by molar-refractivity contribution is 0.685. The number of fused-ring (bicyclic) bond motifs is 1. The van der Waals surface area contributed by atoms with Gasteiger partial charge in [0.2, 0.25) is 0 Å². The summed E-state index contributed by atoms with van der Waals surface area (Å²) in [4.78, 5) is 2.06. The molecule has 0 fully saturated rings. The third kappa shape index (κ3) is 3.30. The van der Waals surface area contributed by atoms with Crippen LogP contribution in [0.2, 0.25) is 0 Å². The number of nitriles is 1. The highest BCUT2D eigenvalue weighted by atomic mass is 35.5. The first-order valence-corrected chi connectivity index (χ1v) is 7.29. The number of allylic oxidation sites excluding steroid dienone is 1. The minimum Gasteiger partial charge on any atom is -0.343 e. The Morgan fingerprint density at radius 2 is 2.05 bits per heavy atom. The van der Waals surface area contributed by atoms with Crippen LogP contribution in [0.25, 0.3) is 0 Å². The van der Waals surface area contributed by atoms with Crippen molar-refractivity contribution in [2.45, 2.75) is 32.1 Å². The molecule has 0 unspecified atom stereocenters. The minimum atomic E-state index is 0.391. The molecule has 0 radical (unpaired) electrons. The maximum absolute atomic E-state index is 8.77. The maximum atomic E-state index is 8.77. The van der Waals surface area contributed by atoms with Crippen LogP contribution < -0.4 is 4.90 Å². The molecule has 0 heterocycles. The summed E-state index contributed by atoms with van der Waals surface area (Å²) in [5.74, 6) is 0.391. The van der Waals surface area contributed by atoms with Crippen LogP contribution in [0.1, 0.15) is 30.4 Å². The summed E-state index contributed by atoms with van der Waals surface area (Å²) in [6, 6.07) is 8.76. The zero-order chi connectivity index (χ0) is 13.7. The number of hydrogen-bond acceptors (Lipinski definition) is 2. The molecule has 19 heavy (non-hydrogen) atoms. The van der Waals surface area contributed by atoms with Crippen molar-refractivity contribution in [2.75, 3.05) is 17.3 Å². The Balaban J connectivity index is 2.26. The summed E-state index contributed by atoms with van der Waals surface area (Å²) in [6.45, 7) is 4.65. The highest BCUT2D eigenvalue weighted by molar-refractivity contribution is 6.19. The number of aryl methyl sites for hydroxylation is 2. The molecule has 0 N–H and O–H groups in total. The van der Waals surface area contributed by atoms with E-state index in [1.54, 1.807) is 0 Å². The van der Waals surface area contributed by atoms with Crippen LogP contribution in [0, 0.1) is 11.3 Å². The van der Waals surface area contributed by atoms with Crippen LogP contribution in [0.4, 0.5) is 5.69 Å². The fourth-order valence-corrected chi connectivity index (χ4v) is 2.74. The predicted molar refractivity (Wildman–Crippen MR) is 80.5 cm³/mol. The Bertz CT molecular complexity index is 502. The van der Waals surface area contributed by atoms with Crippen LogP contribution in [-0.2, 0) is 12.8 Å². The van der Waals surface area contributed by atoms with Crippen LogP contribution >= 0.6 is 11.6 Å². The topological polar surface area (TPSA) is 27.0 Å². The Morgan fingerprint density at radius 3 is 2.74 bits per heavy atom. The van der Waals surface area contributed by atoms with Gasteiger partial charge in [-0.2, -0.15) is 5.26 Å². The number of nitrogens with zero attached hydrogens (tertiary/aromatic N) is 2. The van der Waals surface area contributed by atoms with Gasteiger partial charge in [-0.15, -0.1) is 11.6 Å². The van der Waals surface area contributed by atoms with Crippen molar-refractivity contribution >= 4 is 17.3 Å². The quantitative estimate of drug-likeness (QED) is 0.758. The van der Waals surface area contributed by atoms with Gasteiger partial charge in [0.05, 0.1) is 18.4 Å². The average molecular weight is 275 g/mol. The fraction of sp³-hybridized carbons (Fsp3) is 0.438. The number of hydrogen-bond donors (Lipinski definition) is 0. The second-order valence-electron chi connectivity index (χ2n) is 4.92. The summed E-state index contributed by atoms with van der Waals surface area (Å²) in [7, 11) is 0. The molecule has 1 aliphatic rings. The van der Waals surface area contributed by atoms with Crippen LogP contribution in [-0.4, -0.2) is 12.4 Å². The first-order valence-electron chi connectivity index (χ1n) is 6.76. The number of alkyl halides is 1. The monoisotopic (exact) mass is 274 g/mol. The average Bonchev–Trinajstić information content (AvgIpc) is 2.47. The van der Waals surface area contributed by atoms with E-state index in [0.717, 1.165) is 17.8 Å². The Hall–Kier alpha value is -1.46. The van der Waals surface area contributed by atoms with Gasteiger partial charge in [-0.3, -0.25) is 0 Å². The number of benzene rings is 1. The lowest BCUT2D eigenvalue weighted by atomic mass is 9.91. The molecule has 100 valence electrons. The predicted octanol–water partition coefficient (Wildman–Crippen LogP) is 4.04. The van der Waals surface area contributed by atoms with E-state index >= 15 is 0 Å². The molecule has 1 aromatic carbocycles. The van der Waals surface area contributed by atoms with Gasteiger partial charge in [-0.25, -0.2) is 0 Å². The molecule has 0 saturated carbocycles. The van der Waals surface area contributed by atoms with Crippen molar-refractivity contribution < 1.29 is 0 Å².